The first kappa shape index (κ1) is 26.5. The topological polar surface area (TPSA) is 101 Å². The van der Waals surface area contributed by atoms with Crippen LogP contribution < -0.4 is 0 Å². The molecule has 0 bridgehead atoms. The Morgan fingerprint density at radius 2 is 1.76 bits per heavy atom. The van der Waals surface area contributed by atoms with Crippen molar-refractivity contribution in [2.75, 3.05) is 6.61 Å². The molecule has 3 aromatic rings. The highest BCUT2D eigenvalue weighted by Crippen LogP contribution is 2.26. The molecule has 1 unspecified atom stereocenters. The average molecular weight is 518 g/mol. The van der Waals surface area contributed by atoms with Gasteiger partial charge in [-0.2, -0.15) is 0 Å². The number of aromatic nitrogens is 3. The summed E-state index contributed by atoms with van der Waals surface area (Å²) in [6.45, 7) is 0.881. The van der Waals surface area contributed by atoms with E-state index in [1.807, 2.05) is 12.1 Å². The predicted molar refractivity (Wildman–Crippen MR) is 122 cm³/mol. The van der Waals surface area contributed by atoms with E-state index < -0.39 is 47.8 Å². The zero-order valence-corrected chi connectivity index (χ0v) is 19.6. The number of aliphatic hydroxyl groups excluding tert-OH is 3. The van der Waals surface area contributed by atoms with Gasteiger partial charge in [0.2, 0.25) is 0 Å². The first-order chi connectivity index (χ1) is 16.2. The van der Waals surface area contributed by atoms with Gasteiger partial charge in [0.05, 0.1) is 25.5 Å². The van der Waals surface area contributed by atoms with Crippen LogP contribution in [0.2, 0.25) is 5.02 Å². The molecule has 184 valence electrons. The van der Waals surface area contributed by atoms with E-state index in [0.717, 1.165) is 17.7 Å². The lowest BCUT2D eigenvalue weighted by molar-refractivity contribution is -0.0972. The van der Waals surface area contributed by atoms with Gasteiger partial charge in [0, 0.05) is 16.3 Å². The summed E-state index contributed by atoms with van der Waals surface area (Å²) in [6.07, 6.45) is -1.75. The highest BCUT2D eigenvalue weighted by Gasteiger charge is 2.27. The summed E-state index contributed by atoms with van der Waals surface area (Å²) in [5, 5.41) is 38.4. The SMILES string of the molecule is C[C@@H](O)C(CO)O[C@H](SCc1ccc(Cl)cc1)[C@H](O)Cn1cc(-c2cc(F)c(F)c(F)c2)nn1. The molecule has 0 saturated heterocycles. The van der Waals surface area contributed by atoms with Crippen LogP contribution in [0.15, 0.2) is 42.6 Å². The fourth-order valence-corrected chi connectivity index (χ4v) is 4.19. The van der Waals surface area contributed by atoms with Crippen LogP contribution in [0.4, 0.5) is 13.2 Å². The van der Waals surface area contributed by atoms with Crippen molar-refractivity contribution in [3.05, 3.63) is 70.6 Å². The molecule has 34 heavy (non-hydrogen) atoms. The third kappa shape index (κ3) is 6.94. The Morgan fingerprint density at radius 1 is 1.12 bits per heavy atom. The normalized spacial score (nSPS) is 15.2. The van der Waals surface area contributed by atoms with Crippen molar-refractivity contribution in [3.8, 4) is 11.3 Å². The minimum atomic E-state index is -1.58. The molecular weight excluding hydrogens is 495 g/mol. The van der Waals surface area contributed by atoms with Crippen molar-refractivity contribution in [2.24, 2.45) is 0 Å². The zero-order valence-electron chi connectivity index (χ0n) is 18.0. The molecule has 0 aliphatic rings. The Balaban J connectivity index is 1.73. The highest BCUT2D eigenvalue weighted by molar-refractivity contribution is 7.99. The van der Waals surface area contributed by atoms with E-state index in [9.17, 15) is 28.5 Å². The van der Waals surface area contributed by atoms with Gasteiger partial charge >= 0.3 is 0 Å². The average Bonchev–Trinajstić information content (AvgIpc) is 3.26. The Bertz CT molecular complexity index is 1060. The third-order valence-corrected chi connectivity index (χ3v) is 6.37. The molecule has 0 aliphatic heterocycles. The van der Waals surface area contributed by atoms with Crippen molar-refractivity contribution < 1.29 is 33.2 Å². The fraction of sp³-hybridized carbons (Fsp3) is 0.364. The molecule has 12 heteroatoms. The lowest BCUT2D eigenvalue weighted by atomic mass is 10.1. The summed E-state index contributed by atoms with van der Waals surface area (Å²) in [5.74, 6) is -3.86. The Labute approximate surface area is 203 Å². The maximum absolute atomic E-state index is 13.5. The first-order valence-electron chi connectivity index (χ1n) is 10.2. The monoisotopic (exact) mass is 517 g/mol. The molecule has 3 N–H and O–H groups in total. The lowest BCUT2D eigenvalue weighted by Gasteiger charge is -2.28. The van der Waals surface area contributed by atoms with E-state index in [0.29, 0.717) is 10.8 Å². The Kier molecular flexibility index (Phi) is 9.34. The van der Waals surface area contributed by atoms with Gasteiger partial charge < -0.3 is 20.1 Å². The second kappa shape index (κ2) is 12.0. The zero-order chi connectivity index (χ0) is 24.8. The number of benzene rings is 2. The first-order valence-corrected chi connectivity index (χ1v) is 11.6. The van der Waals surface area contributed by atoms with Crippen LogP contribution in [-0.2, 0) is 17.0 Å². The number of halogens is 4. The minimum Gasteiger partial charge on any atom is -0.394 e. The van der Waals surface area contributed by atoms with E-state index in [4.69, 9.17) is 16.3 Å². The van der Waals surface area contributed by atoms with Gasteiger partial charge in [0.1, 0.15) is 23.3 Å². The van der Waals surface area contributed by atoms with Crippen LogP contribution in [0, 0.1) is 17.5 Å². The number of hydrogen-bond donors (Lipinski definition) is 3. The quantitative estimate of drug-likeness (QED) is 0.265. The van der Waals surface area contributed by atoms with E-state index in [1.165, 1.54) is 29.6 Å². The van der Waals surface area contributed by atoms with Crippen LogP contribution >= 0.6 is 23.4 Å². The van der Waals surface area contributed by atoms with E-state index >= 15 is 0 Å². The Morgan fingerprint density at radius 3 is 2.35 bits per heavy atom. The maximum Gasteiger partial charge on any atom is 0.194 e. The van der Waals surface area contributed by atoms with Gasteiger partial charge in [-0.25, -0.2) is 17.9 Å². The van der Waals surface area contributed by atoms with E-state index in [-0.39, 0.29) is 17.8 Å². The highest BCUT2D eigenvalue weighted by atomic mass is 35.5. The van der Waals surface area contributed by atoms with Crippen LogP contribution in [0.5, 0.6) is 0 Å². The molecule has 0 spiro atoms. The van der Waals surface area contributed by atoms with Gasteiger partial charge in [0.15, 0.2) is 17.5 Å². The second-order valence-corrected chi connectivity index (χ2v) is 9.07. The van der Waals surface area contributed by atoms with Crippen molar-refractivity contribution >= 4 is 23.4 Å². The summed E-state index contributed by atoms with van der Waals surface area (Å²) in [5.41, 5.74) is 0.0944. The molecule has 1 heterocycles. The number of rotatable bonds is 11. The van der Waals surface area contributed by atoms with Crippen LogP contribution in [-0.4, -0.2) is 60.7 Å². The summed E-state index contributed by atoms with van der Waals surface area (Å²) < 4.78 is 47.3. The summed E-state index contributed by atoms with van der Waals surface area (Å²) in [6, 6.07) is 8.70. The van der Waals surface area contributed by atoms with Crippen LogP contribution in [0.3, 0.4) is 0 Å². The van der Waals surface area contributed by atoms with Gasteiger partial charge in [-0.3, -0.25) is 0 Å². The Hall–Kier alpha value is -2.15. The standard InChI is InChI=1S/C22H23ClF3N3O4S/c1-12(31)20(10-30)33-22(34-11-13-2-4-15(23)5-3-13)19(32)9-29-8-18(27-28-29)14-6-16(24)21(26)17(25)7-14/h2-8,12,19-20,22,30-32H,9-11H2,1H3/t12-,19-,20?,22-/m1/s1. The van der Waals surface area contributed by atoms with E-state index in [2.05, 4.69) is 10.3 Å². The van der Waals surface area contributed by atoms with Crippen molar-refractivity contribution in [1.29, 1.82) is 0 Å². The molecule has 3 rings (SSSR count). The second-order valence-electron chi connectivity index (χ2n) is 7.55. The largest absolute Gasteiger partial charge is 0.394 e. The maximum atomic E-state index is 13.5. The molecule has 7 nitrogen and oxygen atoms in total. The van der Waals surface area contributed by atoms with Gasteiger partial charge in [-0.05, 0) is 36.8 Å². The van der Waals surface area contributed by atoms with Crippen LogP contribution in [0.25, 0.3) is 11.3 Å². The molecule has 0 saturated carbocycles. The van der Waals surface area contributed by atoms with E-state index in [1.54, 1.807) is 12.1 Å². The van der Waals surface area contributed by atoms with Crippen molar-refractivity contribution in [2.45, 2.75) is 43.0 Å². The molecule has 0 aliphatic carbocycles. The molecule has 0 amide bonds. The number of hydrogen-bond acceptors (Lipinski definition) is 7. The van der Waals surface area contributed by atoms with Crippen LogP contribution in [0.1, 0.15) is 12.5 Å². The molecule has 0 fully saturated rings. The number of nitrogens with zero attached hydrogens (tertiary/aromatic N) is 3. The molecule has 0 radical (unpaired) electrons. The van der Waals surface area contributed by atoms with Crippen molar-refractivity contribution in [1.82, 2.24) is 15.0 Å². The number of ether oxygens (including phenoxy) is 1. The summed E-state index contributed by atoms with van der Waals surface area (Å²) in [7, 11) is 0. The number of aliphatic hydroxyl groups is 3. The van der Waals surface area contributed by atoms with Crippen molar-refractivity contribution in [3.63, 3.8) is 0 Å². The summed E-state index contributed by atoms with van der Waals surface area (Å²) in [4.78, 5) is 0. The summed E-state index contributed by atoms with van der Waals surface area (Å²) >= 11 is 7.14. The third-order valence-electron chi connectivity index (χ3n) is 4.86. The predicted octanol–water partition coefficient (Wildman–Crippen LogP) is 3.39. The minimum absolute atomic E-state index is 0.0171. The van der Waals surface area contributed by atoms with Gasteiger partial charge in [0.25, 0.3) is 0 Å². The molecule has 2 aromatic carbocycles. The van der Waals surface area contributed by atoms with Gasteiger partial charge in [-0.15, -0.1) is 16.9 Å². The lowest BCUT2D eigenvalue weighted by Crippen LogP contribution is -2.39. The van der Waals surface area contributed by atoms with Gasteiger partial charge in [-0.1, -0.05) is 28.9 Å². The number of thioether (sulfide) groups is 1. The smallest absolute Gasteiger partial charge is 0.194 e. The molecule has 4 atom stereocenters. The molecule has 1 aromatic heterocycles. The molecular formula is C22H23ClF3N3O4S. The fourth-order valence-electron chi connectivity index (χ4n) is 2.98.